The lowest BCUT2D eigenvalue weighted by molar-refractivity contribution is -0.137. The highest BCUT2D eigenvalue weighted by Gasteiger charge is 2.28. The van der Waals surface area contributed by atoms with Crippen molar-refractivity contribution in [1.82, 2.24) is 0 Å². The Morgan fingerprint density at radius 2 is 1.72 bits per heavy atom. The van der Waals surface area contributed by atoms with Gasteiger partial charge in [0.25, 0.3) is 0 Å². The largest absolute Gasteiger partial charge is 0.489 e. The smallest absolute Gasteiger partial charge is 0.330 e. The summed E-state index contributed by atoms with van der Waals surface area (Å²) in [6.07, 6.45) is 4.88. The van der Waals surface area contributed by atoms with Crippen molar-refractivity contribution >= 4 is 17.7 Å². The van der Waals surface area contributed by atoms with Gasteiger partial charge < -0.3 is 14.4 Å². The molecule has 4 nitrogen and oxygen atoms in total. The number of benzene rings is 4. The Kier molecular flexibility index (Phi) is 8.37. The Hall–Kier alpha value is -4.38. The van der Waals surface area contributed by atoms with Gasteiger partial charge in [-0.2, -0.15) is 0 Å². The van der Waals surface area contributed by atoms with Gasteiger partial charge in [-0.15, -0.1) is 0 Å². The summed E-state index contributed by atoms with van der Waals surface area (Å²) in [6.45, 7) is 3.50. The Labute approximate surface area is 229 Å². The van der Waals surface area contributed by atoms with Crippen LogP contribution in [0.1, 0.15) is 40.8 Å². The second-order valence-corrected chi connectivity index (χ2v) is 9.60. The SMILES string of the molecule is CCOC(=O)C=Cc1ccc(CC2c3ccc(OCc4ccccc4)cc3CCN2c2ccc(F)cc2)cc1. The average Bonchev–Trinajstić information content (AvgIpc) is 2.97. The summed E-state index contributed by atoms with van der Waals surface area (Å²) in [7, 11) is 0. The number of rotatable bonds is 9. The van der Waals surface area contributed by atoms with E-state index in [0.29, 0.717) is 13.2 Å². The zero-order valence-corrected chi connectivity index (χ0v) is 22.1. The molecule has 0 spiro atoms. The molecule has 4 aromatic rings. The minimum absolute atomic E-state index is 0.0864. The molecule has 5 heteroatoms. The standard InChI is InChI=1S/C34H32FNO3/c1-2-38-34(37)19-12-25-8-10-26(11-9-25)22-33-32-18-17-31(39-24-27-6-4-3-5-7-27)23-28(32)20-21-36(33)30-15-13-29(35)14-16-30/h3-19,23,33H,2,20-22,24H2,1H3. The number of carbonyl (C=O) groups is 1. The second-order valence-electron chi connectivity index (χ2n) is 9.60. The number of fused-ring (bicyclic) bond motifs is 1. The van der Waals surface area contributed by atoms with E-state index in [-0.39, 0.29) is 17.8 Å². The fourth-order valence-corrected chi connectivity index (χ4v) is 5.02. The lowest BCUT2D eigenvalue weighted by atomic mass is 9.88. The van der Waals surface area contributed by atoms with E-state index in [2.05, 4.69) is 41.3 Å². The van der Waals surface area contributed by atoms with Crippen LogP contribution >= 0.6 is 0 Å². The molecule has 5 rings (SSSR count). The lowest BCUT2D eigenvalue weighted by Crippen LogP contribution is -2.36. The summed E-state index contributed by atoms with van der Waals surface area (Å²) < 4.78 is 24.8. The molecule has 0 radical (unpaired) electrons. The average molecular weight is 522 g/mol. The molecule has 0 aliphatic carbocycles. The third-order valence-corrected chi connectivity index (χ3v) is 6.99. The molecule has 0 aromatic heterocycles. The molecule has 0 fully saturated rings. The van der Waals surface area contributed by atoms with E-state index < -0.39 is 0 Å². The first-order valence-electron chi connectivity index (χ1n) is 13.3. The Morgan fingerprint density at radius 3 is 2.46 bits per heavy atom. The van der Waals surface area contributed by atoms with Gasteiger partial charge in [-0.1, -0.05) is 60.7 Å². The topological polar surface area (TPSA) is 38.8 Å². The Balaban J connectivity index is 1.38. The number of esters is 1. The van der Waals surface area contributed by atoms with Crippen molar-refractivity contribution in [3.8, 4) is 5.75 Å². The van der Waals surface area contributed by atoms with Gasteiger partial charge >= 0.3 is 5.97 Å². The van der Waals surface area contributed by atoms with Crippen LogP contribution in [0.5, 0.6) is 5.75 Å². The number of anilines is 1. The molecule has 0 amide bonds. The number of hydrogen-bond donors (Lipinski definition) is 0. The molecule has 1 heterocycles. The molecule has 39 heavy (non-hydrogen) atoms. The maximum atomic E-state index is 13.7. The molecular weight excluding hydrogens is 489 g/mol. The summed E-state index contributed by atoms with van der Waals surface area (Å²) in [4.78, 5) is 14.0. The van der Waals surface area contributed by atoms with Crippen LogP contribution in [0.4, 0.5) is 10.1 Å². The van der Waals surface area contributed by atoms with Crippen molar-refractivity contribution in [2.24, 2.45) is 0 Å². The van der Waals surface area contributed by atoms with Crippen LogP contribution < -0.4 is 9.64 Å². The fraction of sp³-hybridized carbons (Fsp3) is 0.206. The highest BCUT2D eigenvalue weighted by Crippen LogP contribution is 2.37. The van der Waals surface area contributed by atoms with Gasteiger partial charge in [0.15, 0.2) is 0 Å². The predicted molar refractivity (Wildman–Crippen MR) is 153 cm³/mol. The predicted octanol–water partition coefficient (Wildman–Crippen LogP) is 7.33. The van der Waals surface area contributed by atoms with E-state index >= 15 is 0 Å². The van der Waals surface area contributed by atoms with Gasteiger partial charge in [0, 0.05) is 18.3 Å². The molecular formula is C34H32FNO3. The third-order valence-electron chi connectivity index (χ3n) is 6.99. The van der Waals surface area contributed by atoms with Gasteiger partial charge in [-0.3, -0.25) is 0 Å². The van der Waals surface area contributed by atoms with E-state index in [4.69, 9.17) is 9.47 Å². The summed E-state index contributed by atoms with van der Waals surface area (Å²) in [6, 6.07) is 31.6. The lowest BCUT2D eigenvalue weighted by Gasteiger charge is -2.39. The van der Waals surface area contributed by atoms with E-state index in [9.17, 15) is 9.18 Å². The van der Waals surface area contributed by atoms with E-state index in [1.165, 1.54) is 34.9 Å². The Bertz CT molecular complexity index is 1420. The normalized spacial score (nSPS) is 14.7. The Morgan fingerprint density at radius 1 is 0.949 bits per heavy atom. The molecule has 1 aliphatic heterocycles. The number of ether oxygens (including phenoxy) is 2. The minimum Gasteiger partial charge on any atom is -0.489 e. The van der Waals surface area contributed by atoms with Gasteiger partial charge in [-0.25, -0.2) is 9.18 Å². The van der Waals surface area contributed by atoms with Crippen molar-refractivity contribution in [3.05, 3.63) is 137 Å². The highest BCUT2D eigenvalue weighted by molar-refractivity contribution is 5.87. The zero-order valence-electron chi connectivity index (χ0n) is 22.1. The number of carbonyl (C=O) groups excluding carboxylic acids is 1. The van der Waals surface area contributed by atoms with E-state index in [0.717, 1.165) is 42.0 Å². The first kappa shape index (κ1) is 26.2. The number of nitrogens with zero attached hydrogens (tertiary/aromatic N) is 1. The summed E-state index contributed by atoms with van der Waals surface area (Å²) >= 11 is 0. The first-order chi connectivity index (χ1) is 19.1. The summed E-state index contributed by atoms with van der Waals surface area (Å²) in [5, 5.41) is 0. The van der Waals surface area contributed by atoms with Crippen molar-refractivity contribution in [2.75, 3.05) is 18.1 Å². The molecule has 4 aromatic carbocycles. The van der Waals surface area contributed by atoms with Crippen LogP contribution in [0.3, 0.4) is 0 Å². The maximum absolute atomic E-state index is 13.7. The minimum atomic E-state index is -0.345. The maximum Gasteiger partial charge on any atom is 0.330 e. The van der Waals surface area contributed by atoms with Gasteiger partial charge in [0.1, 0.15) is 18.2 Å². The molecule has 1 atom stereocenters. The van der Waals surface area contributed by atoms with Crippen LogP contribution in [0.15, 0.2) is 103 Å². The fourth-order valence-electron chi connectivity index (χ4n) is 5.02. The zero-order chi connectivity index (χ0) is 27.0. The van der Waals surface area contributed by atoms with Crippen LogP contribution in [-0.4, -0.2) is 19.1 Å². The monoisotopic (exact) mass is 521 g/mol. The van der Waals surface area contributed by atoms with E-state index in [1.54, 1.807) is 13.0 Å². The molecule has 1 unspecified atom stereocenters. The third kappa shape index (κ3) is 6.74. The highest BCUT2D eigenvalue weighted by atomic mass is 19.1. The molecule has 0 saturated carbocycles. The second kappa shape index (κ2) is 12.4. The van der Waals surface area contributed by atoms with Crippen LogP contribution in [0.2, 0.25) is 0 Å². The molecule has 0 saturated heterocycles. The van der Waals surface area contributed by atoms with Crippen molar-refractivity contribution < 1.29 is 18.7 Å². The van der Waals surface area contributed by atoms with Crippen molar-refractivity contribution in [1.29, 1.82) is 0 Å². The van der Waals surface area contributed by atoms with Crippen LogP contribution in [0, 0.1) is 5.82 Å². The van der Waals surface area contributed by atoms with Crippen LogP contribution in [-0.2, 0) is 29.0 Å². The number of halogens is 1. The molecule has 0 N–H and O–H groups in total. The van der Waals surface area contributed by atoms with Crippen LogP contribution in [0.25, 0.3) is 6.08 Å². The van der Waals surface area contributed by atoms with Gasteiger partial charge in [-0.05, 0) is 90.1 Å². The summed E-state index contributed by atoms with van der Waals surface area (Å²) in [5.41, 5.74) is 6.78. The van der Waals surface area contributed by atoms with Gasteiger partial charge in [0.2, 0.25) is 0 Å². The van der Waals surface area contributed by atoms with Crippen molar-refractivity contribution in [3.63, 3.8) is 0 Å². The summed E-state index contributed by atoms with van der Waals surface area (Å²) in [5.74, 6) is 0.283. The van der Waals surface area contributed by atoms with Gasteiger partial charge in [0.05, 0.1) is 12.6 Å². The first-order valence-corrected chi connectivity index (χ1v) is 13.3. The van der Waals surface area contributed by atoms with E-state index in [1.807, 2.05) is 48.5 Å². The molecule has 198 valence electrons. The molecule has 1 aliphatic rings. The number of hydrogen-bond acceptors (Lipinski definition) is 4. The quantitative estimate of drug-likeness (QED) is 0.171. The molecule has 0 bridgehead atoms. The van der Waals surface area contributed by atoms with Crippen molar-refractivity contribution in [2.45, 2.75) is 32.4 Å².